The van der Waals surface area contributed by atoms with Gasteiger partial charge in [0, 0.05) is 0 Å². The summed E-state index contributed by atoms with van der Waals surface area (Å²) in [6, 6.07) is 0. The summed E-state index contributed by atoms with van der Waals surface area (Å²) in [6.07, 6.45) is 1.24. The highest BCUT2D eigenvalue weighted by atomic mass is 79.9. The van der Waals surface area contributed by atoms with Crippen LogP contribution in [0, 0.1) is 11.3 Å². The third kappa shape index (κ3) is 0.823. The standard InChI is InChI=1S/C7H12Br2/c1-4-6(3)5(2)7(6,8)9/h5H,4H2,1-3H3. The topological polar surface area (TPSA) is 0 Å². The molecule has 0 aromatic carbocycles. The highest BCUT2D eigenvalue weighted by Crippen LogP contribution is 2.72. The Labute approximate surface area is 73.7 Å². The van der Waals surface area contributed by atoms with Gasteiger partial charge >= 0.3 is 0 Å². The van der Waals surface area contributed by atoms with Crippen LogP contribution >= 0.6 is 31.9 Å². The van der Waals surface area contributed by atoms with Gasteiger partial charge in [-0.3, -0.25) is 0 Å². The zero-order valence-corrected chi connectivity index (χ0v) is 9.21. The van der Waals surface area contributed by atoms with Crippen molar-refractivity contribution in [2.75, 3.05) is 0 Å². The van der Waals surface area contributed by atoms with Crippen LogP contribution in [-0.4, -0.2) is 3.23 Å². The molecule has 0 heterocycles. The highest BCUT2D eigenvalue weighted by Gasteiger charge is 2.67. The number of rotatable bonds is 1. The van der Waals surface area contributed by atoms with E-state index in [0.29, 0.717) is 5.41 Å². The number of alkyl halides is 2. The molecule has 1 fully saturated rings. The predicted octanol–water partition coefficient (Wildman–Crippen LogP) is 3.54. The van der Waals surface area contributed by atoms with Gasteiger partial charge in [-0.2, -0.15) is 0 Å². The molecule has 0 radical (unpaired) electrons. The quantitative estimate of drug-likeness (QED) is 0.629. The molecule has 0 spiro atoms. The first-order valence-electron chi connectivity index (χ1n) is 3.34. The van der Waals surface area contributed by atoms with Crippen molar-refractivity contribution in [1.29, 1.82) is 0 Å². The van der Waals surface area contributed by atoms with Gasteiger partial charge in [0.05, 0.1) is 3.23 Å². The van der Waals surface area contributed by atoms with E-state index in [1.165, 1.54) is 6.42 Å². The maximum atomic E-state index is 3.65. The minimum absolute atomic E-state index is 0.238. The minimum atomic E-state index is 0.238. The largest absolute Gasteiger partial charge is 0.0893 e. The lowest BCUT2D eigenvalue weighted by molar-refractivity contribution is 0.501. The highest BCUT2D eigenvalue weighted by molar-refractivity contribution is 9.25. The van der Waals surface area contributed by atoms with E-state index in [0.717, 1.165) is 5.92 Å². The SMILES string of the molecule is CCC1(C)C(C)C1(Br)Br. The third-order valence-corrected chi connectivity index (χ3v) is 6.10. The van der Waals surface area contributed by atoms with Gasteiger partial charge in [0.25, 0.3) is 0 Å². The van der Waals surface area contributed by atoms with Crippen LogP contribution in [0.5, 0.6) is 0 Å². The van der Waals surface area contributed by atoms with Crippen molar-refractivity contribution >= 4 is 31.9 Å². The van der Waals surface area contributed by atoms with E-state index >= 15 is 0 Å². The Balaban J connectivity index is 2.70. The van der Waals surface area contributed by atoms with Gasteiger partial charge in [-0.15, -0.1) is 0 Å². The lowest BCUT2D eigenvalue weighted by Crippen LogP contribution is -1.99. The van der Waals surface area contributed by atoms with Crippen LogP contribution < -0.4 is 0 Å². The molecule has 1 saturated carbocycles. The van der Waals surface area contributed by atoms with Gasteiger partial charge in [-0.25, -0.2) is 0 Å². The van der Waals surface area contributed by atoms with E-state index in [2.05, 4.69) is 52.6 Å². The first-order chi connectivity index (χ1) is 3.97. The van der Waals surface area contributed by atoms with Crippen molar-refractivity contribution in [3.63, 3.8) is 0 Å². The molecule has 2 heteroatoms. The molecule has 2 atom stereocenters. The summed E-state index contributed by atoms with van der Waals surface area (Å²) in [7, 11) is 0. The van der Waals surface area contributed by atoms with Crippen molar-refractivity contribution < 1.29 is 0 Å². The van der Waals surface area contributed by atoms with Crippen molar-refractivity contribution in [3.05, 3.63) is 0 Å². The zero-order valence-electron chi connectivity index (χ0n) is 6.04. The van der Waals surface area contributed by atoms with Crippen molar-refractivity contribution in [2.24, 2.45) is 11.3 Å². The second-order valence-electron chi connectivity index (χ2n) is 3.12. The molecule has 0 aromatic heterocycles. The van der Waals surface area contributed by atoms with Crippen LogP contribution in [0.4, 0.5) is 0 Å². The lowest BCUT2D eigenvalue weighted by Gasteiger charge is -2.06. The summed E-state index contributed by atoms with van der Waals surface area (Å²) in [5.74, 6) is 0.759. The molecule has 0 saturated heterocycles. The van der Waals surface area contributed by atoms with Crippen LogP contribution in [0.1, 0.15) is 27.2 Å². The fraction of sp³-hybridized carbons (Fsp3) is 1.00. The van der Waals surface area contributed by atoms with Crippen molar-refractivity contribution in [3.8, 4) is 0 Å². The van der Waals surface area contributed by atoms with E-state index in [1.54, 1.807) is 0 Å². The summed E-state index contributed by atoms with van der Waals surface area (Å²) >= 11 is 7.30. The zero-order chi connectivity index (χ0) is 7.28. The molecular weight excluding hydrogens is 244 g/mol. The van der Waals surface area contributed by atoms with E-state index in [4.69, 9.17) is 0 Å². The average Bonchev–Trinajstić information content (AvgIpc) is 2.16. The number of hydrogen-bond acceptors (Lipinski definition) is 0. The number of hydrogen-bond donors (Lipinski definition) is 0. The van der Waals surface area contributed by atoms with Crippen LogP contribution in [0.2, 0.25) is 0 Å². The molecule has 2 unspecified atom stereocenters. The Morgan fingerprint density at radius 3 is 1.78 bits per heavy atom. The normalized spacial score (nSPS) is 47.0. The molecule has 0 nitrogen and oxygen atoms in total. The third-order valence-electron chi connectivity index (χ3n) is 2.91. The molecule has 0 amide bonds. The summed E-state index contributed by atoms with van der Waals surface area (Å²) in [5.41, 5.74) is 0.479. The Hall–Kier alpha value is 0.960. The van der Waals surface area contributed by atoms with Crippen molar-refractivity contribution in [1.82, 2.24) is 0 Å². The molecule has 0 bridgehead atoms. The second-order valence-corrected chi connectivity index (χ2v) is 6.68. The van der Waals surface area contributed by atoms with Crippen LogP contribution in [0.15, 0.2) is 0 Å². The summed E-state index contributed by atoms with van der Waals surface area (Å²) < 4.78 is 0.238. The summed E-state index contributed by atoms with van der Waals surface area (Å²) in [6.45, 7) is 6.81. The Morgan fingerprint density at radius 1 is 1.44 bits per heavy atom. The molecule has 9 heavy (non-hydrogen) atoms. The van der Waals surface area contributed by atoms with Gasteiger partial charge < -0.3 is 0 Å². The number of halogens is 2. The molecular formula is C7H12Br2. The Bertz CT molecular complexity index is 131. The monoisotopic (exact) mass is 254 g/mol. The maximum Gasteiger partial charge on any atom is 0.0893 e. The maximum absolute atomic E-state index is 3.65. The Morgan fingerprint density at radius 2 is 1.78 bits per heavy atom. The molecule has 1 rings (SSSR count). The molecule has 0 aromatic rings. The average molecular weight is 256 g/mol. The Kier molecular flexibility index (Phi) is 1.77. The molecule has 1 aliphatic rings. The van der Waals surface area contributed by atoms with Crippen LogP contribution in [-0.2, 0) is 0 Å². The fourth-order valence-corrected chi connectivity index (χ4v) is 3.37. The van der Waals surface area contributed by atoms with E-state index in [1.807, 2.05) is 0 Å². The fourth-order valence-electron chi connectivity index (χ4n) is 1.34. The molecule has 1 aliphatic carbocycles. The van der Waals surface area contributed by atoms with Gasteiger partial charge in [-0.1, -0.05) is 52.6 Å². The second kappa shape index (κ2) is 1.97. The van der Waals surface area contributed by atoms with E-state index in [-0.39, 0.29) is 3.23 Å². The molecule has 0 aliphatic heterocycles. The van der Waals surface area contributed by atoms with Crippen LogP contribution in [0.3, 0.4) is 0 Å². The smallest absolute Gasteiger partial charge is 0.0718 e. The molecule has 54 valence electrons. The summed E-state index contributed by atoms with van der Waals surface area (Å²) in [4.78, 5) is 0. The van der Waals surface area contributed by atoms with Gasteiger partial charge in [-0.05, 0) is 17.8 Å². The minimum Gasteiger partial charge on any atom is -0.0718 e. The molecule has 0 N–H and O–H groups in total. The van der Waals surface area contributed by atoms with Gasteiger partial charge in [0.15, 0.2) is 0 Å². The van der Waals surface area contributed by atoms with Gasteiger partial charge in [0.1, 0.15) is 0 Å². The van der Waals surface area contributed by atoms with E-state index in [9.17, 15) is 0 Å². The first kappa shape index (κ1) is 8.06. The summed E-state index contributed by atoms with van der Waals surface area (Å²) in [5, 5.41) is 0. The van der Waals surface area contributed by atoms with Crippen molar-refractivity contribution in [2.45, 2.75) is 30.4 Å². The van der Waals surface area contributed by atoms with E-state index < -0.39 is 0 Å². The van der Waals surface area contributed by atoms with Crippen LogP contribution in [0.25, 0.3) is 0 Å². The lowest BCUT2D eigenvalue weighted by atomic mass is 10.0. The van der Waals surface area contributed by atoms with Gasteiger partial charge in [0.2, 0.25) is 0 Å². The first-order valence-corrected chi connectivity index (χ1v) is 4.93. The predicted molar refractivity (Wildman–Crippen MR) is 48.1 cm³/mol.